The second kappa shape index (κ2) is 8.16. The normalized spacial score (nSPS) is 29.5. The van der Waals surface area contributed by atoms with Crippen LogP contribution in [0.3, 0.4) is 0 Å². The quantitative estimate of drug-likeness (QED) is 0.745. The Labute approximate surface area is 186 Å². The molecule has 2 aromatic rings. The Kier molecular flexibility index (Phi) is 5.59. The molecular weight excluding hydrogens is 438 g/mol. The van der Waals surface area contributed by atoms with Gasteiger partial charge in [-0.05, 0) is 44.4 Å². The predicted molar refractivity (Wildman–Crippen MR) is 114 cm³/mol. The summed E-state index contributed by atoms with van der Waals surface area (Å²) >= 11 is 0. The molecule has 5 rings (SSSR count). The van der Waals surface area contributed by atoms with Crippen molar-refractivity contribution in [2.75, 3.05) is 0 Å². The van der Waals surface area contributed by atoms with Gasteiger partial charge in [0, 0.05) is 42.5 Å². The minimum atomic E-state index is -3.45. The number of rotatable bonds is 4. The van der Waals surface area contributed by atoms with Crippen LogP contribution < -0.4 is 5.73 Å². The summed E-state index contributed by atoms with van der Waals surface area (Å²) in [5.41, 5.74) is 8.13. The summed E-state index contributed by atoms with van der Waals surface area (Å²) in [6.07, 6.45) is 4.48. The first-order chi connectivity index (χ1) is 15.2. The van der Waals surface area contributed by atoms with E-state index in [0.29, 0.717) is 32.4 Å². The summed E-state index contributed by atoms with van der Waals surface area (Å²) in [5.74, 6) is -1.06. The number of halogens is 2. The van der Waals surface area contributed by atoms with Crippen LogP contribution in [-0.4, -0.2) is 45.9 Å². The zero-order chi connectivity index (χ0) is 22.6. The Bertz CT molecular complexity index is 1090. The van der Waals surface area contributed by atoms with Gasteiger partial charge in [0.05, 0.1) is 17.0 Å². The van der Waals surface area contributed by atoms with Gasteiger partial charge in [-0.25, -0.2) is 17.2 Å². The van der Waals surface area contributed by atoms with E-state index in [1.807, 2.05) is 6.92 Å². The van der Waals surface area contributed by atoms with Gasteiger partial charge in [-0.3, -0.25) is 4.90 Å². The molecule has 10 heteroatoms. The number of nitrogens with zero attached hydrogens (tertiary/aromatic N) is 3. The lowest BCUT2D eigenvalue weighted by molar-refractivity contribution is -0.104. The molecule has 1 aromatic heterocycles. The molecule has 174 valence electrons. The van der Waals surface area contributed by atoms with Crippen molar-refractivity contribution in [3.05, 3.63) is 52.9 Å². The van der Waals surface area contributed by atoms with Crippen LogP contribution in [0.4, 0.5) is 8.78 Å². The fourth-order valence-corrected chi connectivity index (χ4v) is 7.08. The van der Waals surface area contributed by atoms with E-state index < -0.39 is 33.8 Å². The van der Waals surface area contributed by atoms with E-state index in [0.717, 1.165) is 42.3 Å². The Balaban J connectivity index is 1.29. The molecule has 4 atom stereocenters. The summed E-state index contributed by atoms with van der Waals surface area (Å²) in [4.78, 5) is 2.17. The molecule has 1 saturated heterocycles. The van der Waals surface area contributed by atoms with Gasteiger partial charge in [0.25, 0.3) is 10.0 Å². The topological polar surface area (TPSA) is 90.5 Å². The van der Waals surface area contributed by atoms with Gasteiger partial charge < -0.3 is 10.5 Å². The third-order valence-electron chi connectivity index (χ3n) is 7.11. The molecule has 2 fully saturated rings. The van der Waals surface area contributed by atoms with E-state index in [4.69, 9.17) is 10.5 Å². The summed E-state index contributed by atoms with van der Waals surface area (Å²) < 4.78 is 60.8. The van der Waals surface area contributed by atoms with E-state index in [9.17, 15) is 17.2 Å². The van der Waals surface area contributed by atoms with Crippen LogP contribution in [0.15, 0.2) is 24.4 Å². The van der Waals surface area contributed by atoms with Crippen molar-refractivity contribution in [3.63, 3.8) is 0 Å². The van der Waals surface area contributed by atoms with Crippen LogP contribution in [-0.2, 0) is 27.8 Å². The van der Waals surface area contributed by atoms with Crippen molar-refractivity contribution in [1.82, 2.24) is 14.1 Å². The van der Waals surface area contributed by atoms with Crippen molar-refractivity contribution < 1.29 is 21.9 Å². The van der Waals surface area contributed by atoms with Crippen LogP contribution >= 0.6 is 0 Å². The van der Waals surface area contributed by atoms with Crippen LogP contribution in [0.5, 0.6) is 0 Å². The molecule has 7 nitrogen and oxygen atoms in total. The Morgan fingerprint density at radius 1 is 1.19 bits per heavy atom. The second-order valence-corrected chi connectivity index (χ2v) is 11.3. The first-order valence-corrected chi connectivity index (χ1v) is 12.7. The van der Waals surface area contributed by atoms with E-state index in [1.165, 1.54) is 4.09 Å². The molecule has 1 aliphatic carbocycles. The molecule has 2 aliphatic heterocycles. The molecular formula is C22H28F2N4O3S. The Morgan fingerprint density at radius 3 is 2.66 bits per heavy atom. The van der Waals surface area contributed by atoms with Crippen LogP contribution in [0.25, 0.3) is 0 Å². The highest BCUT2D eigenvalue weighted by atomic mass is 32.2. The van der Waals surface area contributed by atoms with Gasteiger partial charge in [-0.15, -0.1) is 0 Å². The van der Waals surface area contributed by atoms with E-state index >= 15 is 0 Å². The standard InChI is InChI=1S/C22H28F2N4O3S/c1-13-21(9-19(25)22(31-13)17-8-15(23)6-7-18(17)24)27-10-14-11-28(26-20(14)12-27)32(29,30)16-4-2-3-5-16/h6-8,11,13,16,19,21-22H,2-5,9-10,12,25H2,1H3/t13-,19-,21+,22+/m0/s1. The van der Waals surface area contributed by atoms with Crippen molar-refractivity contribution in [1.29, 1.82) is 0 Å². The van der Waals surface area contributed by atoms with Gasteiger partial charge in [-0.1, -0.05) is 12.8 Å². The number of hydrogen-bond acceptors (Lipinski definition) is 6. The van der Waals surface area contributed by atoms with Gasteiger partial charge in [-0.2, -0.15) is 9.19 Å². The number of hydrogen-bond donors (Lipinski definition) is 1. The minimum absolute atomic E-state index is 0.0352. The third-order valence-corrected chi connectivity index (χ3v) is 9.13. The molecule has 0 unspecified atom stereocenters. The lowest BCUT2D eigenvalue weighted by Gasteiger charge is -2.43. The van der Waals surface area contributed by atoms with Gasteiger partial charge in [0.1, 0.15) is 17.7 Å². The predicted octanol–water partition coefficient (Wildman–Crippen LogP) is 2.84. The zero-order valence-corrected chi connectivity index (χ0v) is 18.8. The lowest BCUT2D eigenvalue weighted by atomic mass is 9.90. The fraction of sp³-hybridized carbons (Fsp3) is 0.591. The molecule has 0 bridgehead atoms. The molecule has 2 N–H and O–H groups in total. The zero-order valence-electron chi connectivity index (χ0n) is 18.0. The second-order valence-electron chi connectivity index (χ2n) is 9.22. The highest BCUT2D eigenvalue weighted by Crippen LogP contribution is 2.37. The summed E-state index contributed by atoms with van der Waals surface area (Å²) in [6, 6.07) is 2.78. The van der Waals surface area contributed by atoms with Gasteiger partial charge >= 0.3 is 0 Å². The van der Waals surface area contributed by atoms with Crippen LogP contribution in [0.1, 0.15) is 62.0 Å². The summed E-state index contributed by atoms with van der Waals surface area (Å²) in [6.45, 7) is 2.97. The average Bonchev–Trinajstić information content (AvgIpc) is 3.47. The van der Waals surface area contributed by atoms with E-state index in [1.54, 1.807) is 6.20 Å². The Hall–Kier alpha value is -1.88. The van der Waals surface area contributed by atoms with Crippen molar-refractivity contribution in [2.45, 2.75) is 81.7 Å². The molecule has 32 heavy (non-hydrogen) atoms. The summed E-state index contributed by atoms with van der Waals surface area (Å²) in [5, 5.41) is 4.06. The molecule has 0 radical (unpaired) electrons. The van der Waals surface area contributed by atoms with Gasteiger partial charge in [0.2, 0.25) is 0 Å². The highest BCUT2D eigenvalue weighted by Gasteiger charge is 2.41. The monoisotopic (exact) mass is 466 g/mol. The molecule has 3 heterocycles. The average molecular weight is 467 g/mol. The van der Waals surface area contributed by atoms with Crippen molar-refractivity contribution >= 4 is 10.0 Å². The molecule has 1 aromatic carbocycles. The molecule has 3 aliphatic rings. The summed E-state index contributed by atoms with van der Waals surface area (Å²) in [7, 11) is -3.45. The van der Waals surface area contributed by atoms with Crippen LogP contribution in [0, 0.1) is 11.6 Å². The van der Waals surface area contributed by atoms with Gasteiger partial charge in [0.15, 0.2) is 0 Å². The molecule has 1 saturated carbocycles. The SMILES string of the molecule is C[C@@H]1O[C@H](c2cc(F)ccc2F)[C@@H](N)C[C@H]1N1Cc2cn(S(=O)(=O)C3CCCC3)nc2C1. The smallest absolute Gasteiger partial charge is 0.256 e. The number of ether oxygens (including phenoxy) is 1. The lowest BCUT2D eigenvalue weighted by Crippen LogP contribution is -2.52. The number of benzene rings is 1. The molecule has 0 spiro atoms. The molecule has 0 amide bonds. The first-order valence-electron chi connectivity index (χ1n) is 11.2. The number of aromatic nitrogens is 2. The highest BCUT2D eigenvalue weighted by molar-refractivity contribution is 7.90. The fourth-order valence-electron chi connectivity index (χ4n) is 5.36. The van der Waals surface area contributed by atoms with E-state index in [2.05, 4.69) is 10.00 Å². The first kappa shape index (κ1) is 21.9. The van der Waals surface area contributed by atoms with E-state index in [-0.39, 0.29) is 23.0 Å². The minimum Gasteiger partial charge on any atom is -0.367 e. The number of fused-ring (bicyclic) bond motifs is 1. The maximum absolute atomic E-state index is 14.3. The number of nitrogens with two attached hydrogens (primary N) is 1. The maximum Gasteiger partial charge on any atom is 0.256 e. The third kappa shape index (κ3) is 3.76. The van der Waals surface area contributed by atoms with Crippen molar-refractivity contribution in [2.24, 2.45) is 5.73 Å². The Morgan fingerprint density at radius 2 is 1.94 bits per heavy atom. The van der Waals surface area contributed by atoms with Crippen LogP contribution in [0.2, 0.25) is 0 Å². The maximum atomic E-state index is 14.3. The van der Waals surface area contributed by atoms with Crippen molar-refractivity contribution in [3.8, 4) is 0 Å². The largest absolute Gasteiger partial charge is 0.367 e.